The van der Waals surface area contributed by atoms with E-state index < -0.39 is 0 Å². The van der Waals surface area contributed by atoms with E-state index >= 15 is 0 Å². The molecule has 1 heterocycles. The highest BCUT2D eigenvalue weighted by molar-refractivity contribution is 5.00. The second-order valence-electron chi connectivity index (χ2n) is 3.79. The van der Waals surface area contributed by atoms with E-state index in [1.807, 2.05) is 0 Å². The Morgan fingerprint density at radius 3 is 3.07 bits per heavy atom. The lowest BCUT2D eigenvalue weighted by Gasteiger charge is -2.10. The molecule has 1 fully saturated rings. The van der Waals surface area contributed by atoms with Gasteiger partial charge in [-0.25, -0.2) is 0 Å². The normalized spacial score (nSPS) is 17.6. The van der Waals surface area contributed by atoms with Gasteiger partial charge in [-0.05, 0) is 18.3 Å². The molecular formula is C9H12N4O. The summed E-state index contributed by atoms with van der Waals surface area (Å²) in [6.45, 7) is 1.48. The van der Waals surface area contributed by atoms with Gasteiger partial charge in [0.25, 0.3) is 0 Å². The largest absolute Gasteiger partial charge is 0.343 e. The van der Waals surface area contributed by atoms with E-state index in [-0.39, 0.29) is 5.41 Å². The molecule has 1 saturated carbocycles. The first-order valence-corrected chi connectivity index (χ1v) is 4.68. The Hall–Kier alpha value is -1.41. The van der Waals surface area contributed by atoms with E-state index in [0.717, 1.165) is 19.4 Å². The van der Waals surface area contributed by atoms with Gasteiger partial charge in [0.05, 0.1) is 12.6 Å². The average molecular weight is 192 g/mol. The molecular weight excluding hydrogens is 180 g/mol. The van der Waals surface area contributed by atoms with Gasteiger partial charge in [0.1, 0.15) is 0 Å². The van der Waals surface area contributed by atoms with Gasteiger partial charge in [-0.3, -0.25) is 0 Å². The zero-order valence-corrected chi connectivity index (χ0v) is 7.86. The van der Waals surface area contributed by atoms with Crippen LogP contribution in [0.1, 0.15) is 25.1 Å². The maximum absolute atomic E-state index is 8.61. The lowest BCUT2D eigenvalue weighted by atomic mass is 10.0. The fourth-order valence-electron chi connectivity index (χ4n) is 1.47. The minimum atomic E-state index is 0.235. The molecule has 0 atom stereocenters. The predicted molar refractivity (Wildman–Crippen MR) is 47.9 cm³/mol. The van der Waals surface area contributed by atoms with Gasteiger partial charge in [0.2, 0.25) is 6.39 Å². The van der Waals surface area contributed by atoms with E-state index in [4.69, 9.17) is 5.26 Å². The van der Waals surface area contributed by atoms with Crippen LogP contribution in [-0.4, -0.2) is 16.7 Å². The highest BCUT2D eigenvalue weighted by atomic mass is 16.5. The van der Waals surface area contributed by atoms with Gasteiger partial charge < -0.3 is 9.84 Å². The molecule has 74 valence electrons. The van der Waals surface area contributed by atoms with Crippen LogP contribution >= 0.6 is 0 Å². The standard InChI is InChI=1S/C9H12N4O/c10-4-3-9(1-2-9)6-11-5-8-12-7-14-13-8/h7,11H,1-3,5-6H2. The van der Waals surface area contributed by atoms with E-state index in [1.165, 1.54) is 6.39 Å². The highest BCUT2D eigenvalue weighted by Crippen LogP contribution is 2.47. The molecule has 5 nitrogen and oxygen atoms in total. The van der Waals surface area contributed by atoms with Crippen LogP contribution in [0, 0.1) is 16.7 Å². The van der Waals surface area contributed by atoms with E-state index in [1.54, 1.807) is 0 Å². The Labute approximate surface area is 82.1 Å². The first-order valence-electron chi connectivity index (χ1n) is 4.68. The molecule has 1 N–H and O–H groups in total. The Balaban J connectivity index is 1.71. The molecule has 0 radical (unpaired) electrons. The summed E-state index contributed by atoms with van der Waals surface area (Å²) in [5.74, 6) is 0.665. The maximum Gasteiger partial charge on any atom is 0.213 e. The summed E-state index contributed by atoms with van der Waals surface area (Å²) in [6, 6.07) is 2.22. The predicted octanol–water partition coefficient (Wildman–Crippen LogP) is 0.853. The number of nitriles is 1. The Bertz CT molecular complexity index is 323. The fraction of sp³-hybridized carbons (Fsp3) is 0.667. The van der Waals surface area contributed by atoms with Gasteiger partial charge in [0, 0.05) is 13.0 Å². The third-order valence-corrected chi connectivity index (χ3v) is 2.60. The van der Waals surface area contributed by atoms with Gasteiger partial charge in [0.15, 0.2) is 5.82 Å². The van der Waals surface area contributed by atoms with E-state index in [0.29, 0.717) is 18.8 Å². The number of aromatic nitrogens is 2. The summed E-state index contributed by atoms with van der Waals surface area (Å²) in [5, 5.41) is 15.5. The summed E-state index contributed by atoms with van der Waals surface area (Å²) in [5.41, 5.74) is 0.235. The van der Waals surface area contributed by atoms with Crippen molar-refractivity contribution in [3.63, 3.8) is 0 Å². The fourth-order valence-corrected chi connectivity index (χ4v) is 1.47. The Kier molecular flexibility index (Phi) is 2.46. The average Bonchev–Trinajstić information content (AvgIpc) is 2.75. The number of nitrogens with zero attached hydrogens (tertiary/aromatic N) is 3. The van der Waals surface area contributed by atoms with Crippen LogP contribution in [0.3, 0.4) is 0 Å². The van der Waals surface area contributed by atoms with Gasteiger partial charge in [-0.2, -0.15) is 10.2 Å². The van der Waals surface area contributed by atoms with Crippen molar-refractivity contribution in [3.05, 3.63) is 12.2 Å². The molecule has 2 rings (SSSR count). The Morgan fingerprint density at radius 1 is 1.64 bits per heavy atom. The molecule has 5 heteroatoms. The van der Waals surface area contributed by atoms with Crippen LogP contribution in [0.25, 0.3) is 0 Å². The van der Waals surface area contributed by atoms with Crippen molar-refractivity contribution in [2.45, 2.75) is 25.8 Å². The molecule has 0 unspecified atom stereocenters. The number of nitrogens with one attached hydrogen (secondary N) is 1. The second-order valence-corrected chi connectivity index (χ2v) is 3.79. The van der Waals surface area contributed by atoms with Crippen molar-refractivity contribution >= 4 is 0 Å². The summed E-state index contributed by atoms with van der Waals surface area (Å²) in [6.07, 6.45) is 4.27. The SMILES string of the molecule is N#CCC1(CNCc2ncon2)CC1. The van der Waals surface area contributed by atoms with Crippen LogP contribution in [0.4, 0.5) is 0 Å². The van der Waals surface area contributed by atoms with E-state index in [9.17, 15) is 0 Å². The molecule has 1 aliphatic rings. The van der Waals surface area contributed by atoms with Gasteiger partial charge in [-0.1, -0.05) is 5.16 Å². The maximum atomic E-state index is 8.61. The molecule has 14 heavy (non-hydrogen) atoms. The van der Waals surface area contributed by atoms with Crippen LogP contribution in [0.15, 0.2) is 10.9 Å². The van der Waals surface area contributed by atoms with Crippen molar-refractivity contribution < 1.29 is 4.52 Å². The summed E-state index contributed by atoms with van der Waals surface area (Å²) >= 11 is 0. The number of hydrogen-bond acceptors (Lipinski definition) is 5. The van der Waals surface area contributed by atoms with Crippen LogP contribution in [0.2, 0.25) is 0 Å². The topological polar surface area (TPSA) is 74.7 Å². The summed E-state index contributed by atoms with van der Waals surface area (Å²) in [7, 11) is 0. The van der Waals surface area contributed by atoms with E-state index in [2.05, 4.69) is 26.0 Å². The lowest BCUT2D eigenvalue weighted by molar-refractivity contribution is 0.402. The zero-order valence-electron chi connectivity index (χ0n) is 7.86. The van der Waals surface area contributed by atoms with Gasteiger partial charge >= 0.3 is 0 Å². The molecule has 0 saturated heterocycles. The first kappa shape index (κ1) is 9.16. The van der Waals surface area contributed by atoms with Crippen molar-refractivity contribution in [3.8, 4) is 6.07 Å². The lowest BCUT2D eigenvalue weighted by Crippen LogP contribution is -2.23. The molecule has 1 aromatic rings. The third kappa shape index (κ3) is 2.09. The minimum absolute atomic E-state index is 0.235. The summed E-state index contributed by atoms with van der Waals surface area (Å²) in [4.78, 5) is 3.90. The quantitative estimate of drug-likeness (QED) is 0.748. The molecule has 0 aliphatic heterocycles. The smallest absolute Gasteiger partial charge is 0.213 e. The van der Waals surface area contributed by atoms with Crippen LogP contribution in [0.5, 0.6) is 0 Å². The molecule has 1 aromatic heterocycles. The van der Waals surface area contributed by atoms with Crippen molar-refractivity contribution in [1.29, 1.82) is 5.26 Å². The van der Waals surface area contributed by atoms with Crippen molar-refractivity contribution in [2.75, 3.05) is 6.54 Å². The Morgan fingerprint density at radius 2 is 2.50 bits per heavy atom. The molecule has 0 spiro atoms. The van der Waals surface area contributed by atoms with Gasteiger partial charge in [-0.15, -0.1) is 0 Å². The third-order valence-electron chi connectivity index (χ3n) is 2.60. The molecule has 1 aliphatic carbocycles. The molecule has 0 amide bonds. The monoisotopic (exact) mass is 192 g/mol. The number of rotatable bonds is 5. The highest BCUT2D eigenvalue weighted by Gasteiger charge is 2.41. The molecule has 0 bridgehead atoms. The molecule has 0 aromatic carbocycles. The van der Waals surface area contributed by atoms with Crippen LogP contribution < -0.4 is 5.32 Å². The zero-order chi connectivity index (χ0) is 9.86. The van der Waals surface area contributed by atoms with Crippen LogP contribution in [-0.2, 0) is 6.54 Å². The first-order chi connectivity index (χ1) is 6.85. The summed E-state index contributed by atoms with van der Waals surface area (Å²) < 4.78 is 4.61. The van der Waals surface area contributed by atoms with Crippen molar-refractivity contribution in [1.82, 2.24) is 15.5 Å². The number of hydrogen-bond donors (Lipinski definition) is 1. The van der Waals surface area contributed by atoms with Crippen molar-refractivity contribution in [2.24, 2.45) is 5.41 Å². The minimum Gasteiger partial charge on any atom is -0.343 e. The second kappa shape index (κ2) is 3.76.